The molecule has 9 nitrogen and oxygen atoms in total. The third kappa shape index (κ3) is 4.31. The Bertz CT molecular complexity index is 1720. The van der Waals surface area contributed by atoms with Crippen LogP contribution in [0.3, 0.4) is 0 Å². The largest absolute Gasteiger partial charge is 0.366 e. The fraction of sp³-hybridized carbons (Fsp3) is 0.222. The van der Waals surface area contributed by atoms with E-state index in [0.717, 1.165) is 5.56 Å². The predicted molar refractivity (Wildman–Crippen MR) is 141 cm³/mol. The summed E-state index contributed by atoms with van der Waals surface area (Å²) in [5.74, 6) is 1.30. The minimum Gasteiger partial charge on any atom is -0.366 e. The van der Waals surface area contributed by atoms with Crippen molar-refractivity contribution in [3.63, 3.8) is 0 Å². The quantitative estimate of drug-likeness (QED) is 0.328. The SMILES string of the molecule is Cc1nc2cc(N3CCO[C@@H](c4noc(-c5ccccc5)n4)C3)nc(-c3ccc(Cl)cc3F)c2c(=O)n1C. The molecule has 3 aromatic heterocycles. The van der Waals surface area contributed by atoms with Crippen molar-refractivity contribution in [2.45, 2.75) is 13.0 Å². The topological polar surface area (TPSA) is 99.2 Å². The van der Waals surface area contributed by atoms with Gasteiger partial charge in [-0.15, -0.1) is 0 Å². The van der Waals surface area contributed by atoms with Crippen molar-refractivity contribution < 1.29 is 13.7 Å². The first kappa shape index (κ1) is 24.2. The summed E-state index contributed by atoms with van der Waals surface area (Å²) in [6.45, 7) is 3.02. The number of aryl methyl sites for hydroxylation is 1. The van der Waals surface area contributed by atoms with Crippen molar-refractivity contribution in [3.05, 3.63) is 87.4 Å². The lowest BCUT2D eigenvalue weighted by Crippen LogP contribution is -2.39. The molecule has 0 N–H and O–H groups in total. The molecule has 38 heavy (non-hydrogen) atoms. The predicted octanol–water partition coefficient (Wildman–Crippen LogP) is 4.72. The van der Waals surface area contributed by atoms with Crippen LogP contribution < -0.4 is 10.5 Å². The molecule has 6 rings (SSSR count). The first-order chi connectivity index (χ1) is 18.4. The van der Waals surface area contributed by atoms with E-state index in [4.69, 9.17) is 25.8 Å². The van der Waals surface area contributed by atoms with Crippen LogP contribution in [0.15, 0.2) is 63.9 Å². The molecule has 1 aliphatic rings. The Morgan fingerprint density at radius 3 is 2.68 bits per heavy atom. The van der Waals surface area contributed by atoms with E-state index in [1.54, 1.807) is 26.1 Å². The Balaban J connectivity index is 1.41. The Hall–Kier alpha value is -4.15. The smallest absolute Gasteiger partial charge is 0.263 e. The van der Waals surface area contributed by atoms with E-state index in [0.29, 0.717) is 48.6 Å². The fourth-order valence-corrected chi connectivity index (χ4v) is 4.66. The van der Waals surface area contributed by atoms with E-state index in [9.17, 15) is 4.79 Å². The second kappa shape index (κ2) is 9.62. The first-order valence-electron chi connectivity index (χ1n) is 12.0. The molecule has 11 heteroatoms. The van der Waals surface area contributed by atoms with Gasteiger partial charge in [-0.25, -0.2) is 14.4 Å². The van der Waals surface area contributed by atoms with E-state index in [1.165, 1.54) is 16.7 Å². The molecular weight excluding hydrogens is 511 g/mol. The highest BCUT2D eigenvalue weighted by Gasteiger charge is 2.29. The lowest BCUT2D eigenvalue weighted by molar-refractivity contribution is 0.0324. The molecule has 2 aromatic carbocycles. The van der Waals surface area contributed by atoms with E-state index >= 15 is 4.39 Å². The molecule has 0 spiro atoms. The van der Waals surface area contributed by atoms with Crippen molar-refractivity contribution >= 4 is 28.3 Å². The number of hydrogen-bond acceptors (Lipinski definition) is 8. The van der Waals surface area contributed by atoms with Gasteiger partial charge in [-0.2, -0.15) is 4.98 Å². The van der Waals surface area contributed by atoms with Crippen LogP contribution in [0.25, 0.3) is 33.6 Å². The molecule has 1 atom stereocenters. The third-order valence-corrected chi connectivity index (χ3v) is 6.83. The van der Waals surface area contributed by atoms with Crippen LogP contribution in [0.5, 0.6) is 0 Å². The van der Waals surface area contributed by atoms with Crippen LogP contribution >= 0.6 is 11.6 Å². The zero-order valence-electron chi connectivity index (χ0n) is 20.6. The van der Waals surface area contributed by atoms with E-state index < -0.39 is 11.9 Å². The van der Waals surface area contributed by atoms with Crippen LogP contribution in [0.4, 0.5) is 10.2 Å². The minimum absolute atomic E-state index is 0.166. The van der Waals surface area contributed by atoms with Gasteiger partial charge in [0.05, 0.1) is 29.7 Å². The Morgan fingerprint density at radius 2 is 1.89 bits per heavy atom. The molecule has 5 aromatic rings. The molecule has 0 aliphatic carbocycles. The van der Waals surface area contributed by atoms with E-state index in [2.05, 4.69) is 15.1 Å². The molecule has 4 heterocycles. The van der Waals surface area contributed by atoms with Gasteiger partial charge in [0.25, 0.3) is 11.4 Å². The lowest BCUT2D eigenvalue weighted by Gasteiger charge is -2.32. The summed E-state index contributed by atoms with van der Waals surface area (Å²) in [4.78, 5) is 29.1. The van der Waals surface area contributed by atoms with Gasteiger partial charge in [0.2, 0.25) is 5.82 Å². The van der Waals surface area contributed by atoms with Crippen molar-refractivity contribution in [2.75, 3.05) is 24.6 Å². The zero-order chi connectivity index (χ0) is 26.4. The second-order valence-electron chi connectivity index (χ2n) is 9.00. The number of pyridine rings is 1. The minimum atomic E-state index is -0.578. The van der Waals surface area contributed by atoms with Crippen molar-refractivity contribution in [2.24, 2.45) is 7.05 Å². The third-order valence-electron chi connectivity index (χ3n) is 6.60. The summed E-state index contributed by atoms with van der Waals surface area (Å²) in [6.07, 6.45) is -0.475. The van der Waals surface area contributed by atoms with Gasteiger partial charge in [-0.3, -0.25) is 9.36 Å². The monoisotopic (exact) mass is 532 g/mol. The second-order valence-corrected chi connectivity index (χ2v) is 9.44. The van der Waals surface area contributed by atoms with Crippen LogP contribution in [-0.4, -0.2) is 44.4 Å². The van der Waals surface area contributed by atoms with Gasteiger partial charge in [0, 0.05) is 35.8 Å². The van der Waals surface area contributed by atoms with Crippen LogP contribution in [0, 0.1) is 12.7 Å². The summed E-state index contributed by atoms with van der Waals surface area (Å²) in [5.41, 5.74) is 1.30. The molecule has 0 radical (unpaired) electrons. The molecule has 1 fully saturated rings. The molecular formula is C27H22ClFN6O3. The van der Waals surface area contributed by atoms with Gasteiger partial charge < -0.3 is 14.2 Å². The number of rotatable bonds is 4. The Morgan fingerprint density at radius 1 is 1.08 bits per heavy atom. The van der Waals surface area contributed by atoms with Gasteiger partial charge in [-0.05, 0) is 37.3 Å². The first-order valence-corrected chi connectivity index (χ1v) is 12.4. The summed E-state index contributed by atoms with van der Waals surface area (Å²) in [6, 6.07) is 15.5. The summed E-state index contributed by atoms with van der Waals surface area (Å²) < 4.78 is 27.9. The van der Waals surface area contributed by atoms with Crippen molar-refractivity contribution in [3.8, 4) is 22.7 Å². The Kier molecular flexibility index (Phi) is 6.13. The fourth-order valence-electron chi connectivity index (χ4n) is 4.50. The summed E-state index contributed by atoms with van der Waals surface area (Å²) >= 11 is 5.99. The molecule has 0 bridgehead atoms. The van der Waals surface area contributed by atoms with Gasteiger partial charge in [0.1, 0.15) is 23.6 Å². The van der Waals surface area contributed by atoms with Crippen LogP contribution in [0.1, 0.15) is 17.8 Å². The summed E-state index contributed by atoms with van der Waals surface area (Å²) in [5, 5.41) is 4.62. The number of morpholine rings is 1. The molecule has 192 valence electrons. The maximum absolute atomic E-state index is 15.1. The number of hydrogen-bond donors (Lipinski definition) is 0. The van der Waals surface area contributed by atoms with E-state index in [-0.39, 0.29) is 27.2 Å². The molecule has 0 unspecified atom stereocenters. The molecule has 0 saturated carbocycles. The normalized spacial score (nSPS) is 15.8. The van der Waals surface area contributed by atoms with Gasteiger partial charge in [0.15, 0.2) is 0 Å². The molecule has 1 saturated heterocycles. The standard InChI is InChI=1S/C27H22ClFN6O3/c1-15-30-20-13-22(31-24(23(20)27(36)34(15)2)18-9-8-17(28)12-19(18)29)35-10-11-37-21(14-35)25-32-26(38-33-25)16-6-4-3-5-7-16/h3-9,12-13,21H,10-11,14H2,1-2H3/t21-/m1/s1. The highest BCUT2D eigenvalue weighted by atomic mass is 35.5. The highest BCUT2D eigenvalue weighted by Crippen LogP contribution is 2.33. The van der Waals surface area contributed by atoms with Crippen LogP contribution in [-0.2, 0) is 11.8 Å². The van der Waals surface area contributed by atoms with E-state index in [1.807, 2.05) is 35.2 Å². The average Bonchev–Trinajstić information content (AvgIpc) is 3.42. The molecule has 1 aliphatic heterocycles. The molecule has 0 amide bonds. The van der Waals surface area contributed by atoms with Crippen LogP contribution in [0.2, 0.25) is 5.02 Å². The number of fused-ring (bicyclic) bond motifs is 1. The Labute approximate surface area is 221 Å². The maximum atomic E-state index is 15.1. The number of ether oxygens (including phenoxy) is 1. The van der Waals surface area contributed by atoms with Gasteiger partial charge in [-0.1, -0.05) is 35.0 Å². The van der Waals surface area contributed by atoms with Gasteiger partial charge >= 0.3 is 0 Å². The average molecular weight is 533 g/mol. The zero-order valence-corrected chi connectivity index (χ0v) is 21.3. The summed E-state index contributed by atoms with van der Waals surface area (Å²) in [7, 11) is 1.63. The van der Waals surface area contributed by atoms with Crippen molar-refractivity contribution in [1.29, 1.82) is 0 Å². The number of anilines is 1. The number of benzene rings is 2. The number of nitrogens with zero attached hydrogens (tertiary/aromatic N) is 6. The number of halogens is 2. The lowest BCUT2D eigenvalue weighted by atomic mass is 10.1. The maximum Gasteiger partial charge on any atom is 0.263 e. The van der Waals surface area contributed by atoms with Crippen molar-refractivity contribution in [1.82, 2.24) is 24.7 Å². The highest BCUT2D eigenvalue weighted by molar-refractivity contribution is 6.30. The number of aromatic nitrogens is 5.